The summed E-state index contributed by atoms with van der Waals surface area (Å²) >= 11 is 0. The lowest BCUT2D eigenvalue weighted by molar-refractivity contribution is 0.414. The van der Waals surface area contributed by atoms with Crippen LogP contribution in [-0.2, 0) is 13.6 Å². The molecule has 0 amide bonds. The molecule has 0 aliphatic heterocycles. The van der Waals surface area contributed by atoms with Crippen molar-refractivity contribution in [2.45, 2.75) is 6.54 Å². The molecule has 8 nitrogen and oxygen atoms in total. The van der Waals surface area contributed by atoms with Crippen LogP contribution in [0.15, 0.2) is 67.1 Å². The van der Waals surface area contributed by atoms with Crippen LogP contribution in [0.1, 0.15) is 5.56 Å². The van der Waals surface area contributed by atoms with Crippen molar-refractivity contribution >= 4 is 16.9 Å². The zero-order chi connectivity index (χ0) is 24.4. The molecule has 0 saturated heterocycles. The summed E-state index contributed by atoms with van der Waals surface area (Å²) in [4.78, 5) is 13.8. The SMILES string of the molecule is COc1ccc(CNc2nc3c(-c4cn(C)nc4-c4ccc(F)cc4)ncnc3cc2OC)cc1. The Morgan fingerprint density at radius 2 is 1.71 bits per heavy atom. The van der Waals surface area contributed by atoms with E-state index < -0.39 is 0 Å². The summed E-state index contributed by atoms with van der Waals surface area (Å²) in [5.74, 6) is 1.63. The Bertz CT molecular complexity index is 1480. The summed E-state index contributed by atoms with van der Waals surface area (Å²) in [6.45, 7) is 0.537. The van der Waals surface area contributed by atoms with Gasteiger partial charge >= 0.3 is 0 Å². The number of hydrogen-bond acceptors (Lipinski definition) is 7. The van der Waals surface area contributed by atoms with Gasteiger partial charge in [-0.15, -0.1) is 0 Å². The Hall–Kier alpha value is -4.53. The summed E-state index contributed by atoms with van der Waals surface area (Å²) in [5.41, 5.74) is 5.14. The Morgan fingerprint density at radius 3 is 2.43 bits per heavy atom. The first-order valence-corrected chi connectivity index (χ1v) is 10.9. The smallest absolute Gasteiger partial charge is 0.169 e. The monoisotopic (exact) mass is 470 g/mol. The molecule has 0 radical (unpaired) electrons. The maximum Gasteiger partial charge on any atom is 0.169 e. The number of methoxy groups -OCH3 is 2. The highest BCUT2D eigenvalue weighted by Gasteiger charge is 2.19. The molecular formula is C26H23FN6O2. The number of nitrogens with zero attached hydrogens (tertiary/aromatic N) is 5. The molecule has 2 aromatic carbocycles. The molecule has 9 heteroatoms. The summed E-state index contributed by atoms with van der Waals surface area (Å²) in [5, 5.41) is 7.95. The highest BCUT2D eigenvalue weighted by atomic mass is 19.1. The molecule has 176 valence electrons. The largest absolute Gasteiger partial charge is 0.497 e. The van der Waals surface area contributed by atoms with E-state index in [-0.39, 0.29) is 5.82 Å². The summed E-state index contributed by atoms with van der Waals surface area (Å²) in [6, 6.07) is 15.8. The van der Waals surface area contributed by atoms with E-state index in [2.05, 4.69) is 20.4 Å². The van der Waals surface area contributed by atoms with Crippen LogP contribution >= 0.6 is 0 Å². The topological polar surface area (TPSA) is 87.0 Å². The molecule has 35 heavy (non-hydrogen) atoms. The van der Waals surface area contributed by atoms with Crippen LogP contribution in [0.3, 0.4) is 0 Å². The van der Waals surface area contributed by atoms with Crippen molar-refractivity contribution in [3.8, 4) is 34.0 Å². The Balaban J connectivity index is 1.57. The molecule has 0 spiro atoms. The minimum absolute atomic E-state index is 0.306. The maximum absolute atomic E-state index is 13.5. The van der Waals surface area contributed by atoms with Crippen molar-refractivity contribution in [1.29, 1.82) is 0 Å². The van der Waals surface area contributed by atoms with Gasteiger partial charge in [0.1, 0.15) is 34.8 Å². The van der Waals surface area contributed by atoms with Crippen molar-refractivity contribution in [2.75, 3.05) is 19.5 Å². The second-order valence-electron chi connectivity index (χ2n) is 7.90. The van der Waals surface area contributed by atoms with E-state index in [0.717, 1.165) is 22.4 Å². The zero-order valence-corrected chi connectivity index (χ0v) is 19.5. The van der Waals surface area contributed by atoms with Gasteiger partial charge in [-0.2, -0.15) is 5.10 Å². The lowest BCUT2D eigenvalue weighted by atomic mass is 10.0. The molecule has 3 heterocycles. The van der Waals surface area contributed by atoms with Crippen molar-refractivity contribution in [2.24, 2.45) is 7.05 Å². The number of hydrogen-bond donors (Lipinski definition) is 1. The average Bonchev–Trinajstić information content (AvgIpc) is 3.28. The first-order valence-electron chi connectivity index (χ1n) is 10.9. The average molecular weight is 471 g/mol. The van der Waals surface area contributed by atoms with Crippen LogP contribution in [0.2, 0.25) is 0 Å². The van der Waals surface area contributed by atoms with Crippen LogP contribution in [0, 0.1) is 5.82 Å². The van der Waals surface area contributed by atoms with Gasteiger partial charge in [-0.25, -0.2) is 19.3 Å². The Kier molecular flexibility index (Phi) is 5.97. The third-order valence-electron chi connectivity index (χ3n) is 5.62. The number of pyridine rings is 1. The molecule has 3 aromatic heterocycles. The van der Waals surface area contributed by atoms with Gasteiger partial charge in [0.25, 0.3) is 0 Å². The normalized spacial score (nSPS) is 11.0. The lowest BCUT2D eigenvalue weighted by Gasteiger charge is -2.13. The fourth-order valence-corrected chi connectivity index (χ4v) is 3.86. The predicted molar refractivity (Wildman–Crippen MR) is 132 cm³/mol. The van der Waals surface area contributed by atoms with Gasteiger partial charge < -0.3 is 14.8 Å². The number of anilines is 1. The summed E-state index contributed by atoms with van der Waals surface area (Å²) < 4.78 is 26.0. The summed E-state index contributed by atoms with van der Waals surface area (Å²) in [6.07, 6.45) is 3.36. The number of aryl methyl sites for hydroxylation is 1. The quantitative estimate of drug-likeness (QED) is 0.363. The fourth-order valence-electron chi connectivity index (χ4n) is 3.86. The molecule has 0 saturated carbocycles. The number of benzene rings is 2. The third-order valence-corrected chi connectivity index (χ3v) is 5.62. The van der Waals surface area contributed by atoms with Crippen molar-refractivity contribution in [3.05, 3.63) is 78.5 Å². The van der Waals surface area contributed by atoms with Crippen LogP contribution in [0.4, 0.5) is 10.2 Å². The van der Waals surface area contributed by atoms with Crippen molar-refractivity contribution in [3.63, 3.8) is 0 Å². The van der Waals surface area contributed by atoms with Gasteiger partial charge in [-0.05, 0) is 42.0 Å². The van der Waals surface area contributed by atoms with E-state index in [1.54, 1.807) is 31.0 Å². The van der Waals surface area contributed by atoms with E-state index in [1.807, 2.05) is 43.6 Å². The number of ether oxygens (including phenoxy) is 2. The van der Waals surface area contributed by atoms with Gasteiger partial charge in [0.05, 0.1) is 19.7 Å². The van der Waals surface area contributed by atoms with E-state index >= 15 is 0 Å². The fraction of sp³-hybridized carbons (Fsp3) is 0.154. The third kappa shape index (κ3) is 4.48. The first kappa shape index (κ1) is 22.3. The number of rotatable bonds is 7. The van der Waals surface area contributed by atoms with Gasteiger partial charge in [0, 0.05) is 37.0 Å². The minimum atomic E-state index is -0.306. The maximum atomic E-state index is 13.5. The molecule has 5 rings (SSSR count). The minimum Gasteiger partial charge on any atom is -0.497 e. The number of nitrogens with one attached hydrogen (secondary N) is 1. The molecule has 0 aliphatic carbocycles. The lowest BCUT2D eigenvalue weighted by Crippen LogP contribution is -2.05. The van der Waals surface area contributed by atoms with Gasteiger partial charge in [0.2, 0.25) is 0 Å². The summed E-state index contributed by atoms with van der Waals surface area (Å²) in [7, 11) is 5.07. The highest BCUT2D eigenvalue weighted by Crippen LogP contribution is 2.35. The van der Waals surface area contributed by atoms with Gasteiger partial charge in [0.15, 0.2) is 11.6 Å². The Morgan fingerprint density at radius 1 is 0.943 bits per heavy atom. The Labute approximate surface area is 201 Å². The molecule has 0 aliphatic rings. The van der Waals surface area contributed by atoms with Crippen molar-refractivity contribution in [1.82, 2.24) is 24.7 Å². The molecule has 0 unspecified atom stereocenters. The zero-order valence-electron chi connectivity index (χ0n) is 19.5. The second kappa shape index (κ2) is 9.38. The van der Waals surface area contributed by atoms with Crippen molar-refractivity contribution < 1.29 is 13.9 Å². The van der Waals surface area contributed by atoms with E-state index in [4.69, 9.17) is 14.5 Å². The number of fused-ring (bicyclic) bond motifs is 1. The van der Waals surface area contributed by atoms with Crippen LogP contribution < -0.4 is 14.8 Å². The van der Waals surface area contributed by atoms with E-state index in [1.165, 1.54) is 18.5 Å². The number of aromatic nitrogens is 5. The van der Waals surface area contributed by atoms with E-state index in [0.29, 0.717) is 40.5 Å². The molecule has 0 atom stereocenters. The molecule has 1 N–H and O–H groups in total. The second-order valence-corrected chi connectivity index (χ2v) is 7.90. The van der Waals surface area contributed by atoms with Gasteiger partial charge in [-0.1, -0.05) is 12.1 Å². The number of halogens is 1. The van der Waals surface area contributed by atoms with Crippen LogP contribution in [0.25, 0.3) is 33.5 Å². The van der Waals surface area contributed by atoms with Crippen LogP contribution in [-0.4, -0.2) is 39.0 Å². The highest BCUT2D eigenvalue weighted by molar-refractivity contribution is 5.94. The van der Waals surface area contributed by atoms with Gasteiger partial charge in [-0.3, -0.25) is 4.68 Å². The molecule has 5 aromatic rings. The van der Waals surface area contributed by atoms with Crippen LogP contribution in [0.5, 0.6) is 11.5 Å². The van der Waals surface area contributed by atoms with E-state index in [9.17, 15) is 4.39 Å². The molecule has 0 bridgehead atoms. The first-order chi connectivity index (χ1) is 17.1. The molecule has 0 fully saturated rings. The standard InChI is InChI=1S/C26H23FN6O2/c1-33-14-20(23(32-33)17-6-8-18(27)9-7-17)24-25-21(29-15-30-24)12-22(35-3)26(31-25)28-13-16-4-10-19(34-2)11-5-16/h4-12,14-15H,13H2,1-3H3,(H,28,31). The molecular weight excluding hydrogens is 447 g/mol. The predicted octanol–water partition coefficient (Wildman–Crippen LogP) is 4.86.